The first kappa shape index (κ1) is 17.2. The predicted molar refractivity (Wildman–Crippen MR) is 97.8 cm³/mol. The third-order valence-electron chi connectivity index (χ3n) is 4.38. The Hall–Kier alpha value is -1.66. The van der Waals surface area contributed by atoms with Gasteiger partial charge in [-0.25, -0.2) is 8.42 Å². The van der Waals surface area contributed by atoms with E-state index in [9.17, 15) is 13.2 Å². The summed E-state index contributed by atoms with van der Waals surface area (Å²) in [5, 5.41) is 2.76. The molecule has 2 aromatic rings. The van der Waals surface area contributed by atoms with Crippen LogP contribution in [0.5, 0.6) is 0 Å². The molecule has 1 amide bonds. The lowest BCUT2D eigenvalue weighted by atomic mass is 10.2. The first-order valence-corrected chi connectivity index (χ1v) is 9.93. The van der Waals surface area contributed by atoms with E-state index in [1.54, 1.807) is 30.3 Å². The van der Waals surface area contributed by atoms with Crippen LogP contribution in [0.1, 0.15) is 24.0 Å². The first-order chi connectivity index (χ1) is 11.3. The van der Waals surface area contributed by atoms with Crippen LogP contribution in [-0.2, 0) is 14.6 Å². The summed E-state index contributed by atoms with van der Waals surface area (Å²) < 4.78 is 25.4. The third-order valence-corrected chi connectivity index (χ3v) is 7.78. The van der Waals surface area contributed by atoms with Gasteiger partial charge in [-0.15, -0.1) is 0 Å². The van der Waals surface area contributed by atoms with Gasteiger partial charge in [0.15, 0.2) is 14.6 Å². The maximum atomic E-state index is 12.9. The van der Waals surface area contributed by atoms with Crippen molar-refractivity contribution in [2.24, 2.45) is 0 Å². The number of carbonyl (C=O) groups is 1. The van der Waals surface area contributed by atoms with E-state index in [0.717, 1.165) is 15.6 Å². The highest BCUT2D eigenvalue weighted by atomic mass is 79.9. The molecule has 0 heterocycles. The number of halogens is 1. The lowest BCUT2D eigenvalue weighted by Gasteiger charge is -2.17. The number of amides is 1. The second-order valence-corrected chi connectivity index (χ2v) is 9.34. The maximum Gasteiger partial charge on any atom is 0.246 e. The fraction of sp³-hybridized carbons (Fsp3) is 0.278. The average molecular weight is 408 g/mol. The molecule has 0 spiro atoms. The molecule has 24 heavy (non-hydrogen) atoms. The number of nitrogens with one attached hydrogen (secondary N) is 1. The molecular weight excluding hydrogens is 390 g/mol. The van der Waals surface area contributed by atoms with Crippen molar-refractivity contribution in [1.82, 2.24) is 0 Å². The van der Waals surface area contributed by atoms with E-state index in [1.807, 2.05) is 26.0 Å². The van der Waals surface area contributed by atoms with Crippen LogP contribution in [0.25, 0.3) is 0 Å². The number of carbonyl (C=O) groups excluding carboxylic acids is 1. The van der Waals surface area contributed by atoms with E-state index in [-0.39, 0.29) is 4.90 Å². The van der Waals surface area contributed by atoms with Gasteiger partial charge in [-0.05, 0) is 62.6 Å². The van der Waals surface area contributed by atoms with Gasteiger partial charge < -0.3 is 5.32 Å². The van der Waals surface area contributed by atoms with Crippen LogP contribution in [0.3, 0.4) is 0 Å². The molecule has 2 aromatic carbocycles. The number of hydrogen-bond acceptors (Lipinski definition) is 3. The number of hydrogen-bond donors (Lipinski definition) is 1. The number of anilines is 1. The van der Waals surface area contributed by atoms with Crippen molar-refractivity contribution >= 4 is 37.4 Å². The largest absolute Gasteiger partial charge is 0.325 e. The highest BCUT2D eigenvalue weighted by Gasteiger charge is 2.61. The molecule has 0 unspecified atom stereocenters. The minimum absolute atomic E-state index is 0.202. The van der Waals surface area contributed by atoms with E-state index in [4.69, 9.17) is 0 Å². The Balaban J connectivity index is 1.88. The maximum absolute atomic E-state index is 12.9. The standard InChI is InChI=1S/C18H18BrNO3S/c1-12-3-6-15(7-4-12)24(22,23)18(9-10-18)17(21)20-14-5-8-16(19)13(2)11-14/h3-8,11H,9-10H2,1-2H3,(H,20,21). The molecule has 126 valence electrons. The Bertz CT molecular complexity index is 900. The lowest BCUT2D eigenvalue weighted by Crippen LogP contribution is -2.37. The Morgan fingerprint density at radius 2 is 1.71 bits per heavy atom. The highest BCUT2D eigenvalue weighted by Crippen LogP contribution is 2.47. The van der Waals surface area contributed by atoms with Gasteiger partial charge in [0, 0.05) is 10.2 Å². The van der Waals surface area contributed by atoms with E-state index in [0.29, 0.717) is 18.5 Å². The van der Waals surface area contributed by atoms with E-state index in [2.05, 4.69) is 21.2 Å². The summed E-state index contributed by atoms with van der Waals surface area (Å²) in [6, 6.07) is 12.0. The molecule has 1 aliphatic carbocycles. The predicted octanol–water partition coefficient (Wildman–Crippen LogP) is 4.01. The van der Waals surface area contributed by atoms with Crippen LogP contribution in [0.4, 0.5) is 5.69 Å². The molecule has 0 radical (unpaired) electrons. The molecular formula is C18H18BrNO3S. The molecule has 1 fully saturated rings. The van der Waals surface area contributed by atoms with E-state index in [1.165, 1.54) is 0 Å². The van der Waals surface area contributed by atoms with Crippen molar-refractivity contribution in [2.75, 3.05) is 5.32 Å². The highest BCUT2D eigenvalue weighted by molar-refractivity contribution is 9.10. The summed E-state index contributed by atoms with van der Waals surface area (Å²) in [4.78, 5) is 12.9. The van der Waals surface area contributed by atoms with Gasteiger partial charge in [0.25, 0.3) is 0 Å². The smallest absolute Gasteiger partial charge is 0.246 e. The SMILES string of the molecule is Cc1ccc(S(=O)(=O)C2(C(=O)Nc3ccc(Br)c(C)c3)CC2)cc1. The Morgan fingerprint density at radius 1 is 1.08 bits per heavy atom. The van der Waals surface area contributed by atoms with E-state index < -0.39 is 20.5 Å². The number of aryl methyl sites for hydroxylation is 2. The van der Waals surface area contributed by atoms with Crippen molar-refractivity contribution < 1.29 is 13.2 Å². The molecule has 6 heteroatoms. The monoisotopic (exact) mass is 407 g/mol. The quantitative estimate of drug-likeness (QED) is 0.832. The summed E-state index contributed by atoms with van der Waals surface area (Å²) in [5.74, 6) is -0.454. The second kappa shape index (κ2) is 6.01. The van der Waals surface area contributed by atoms with Crippen LogP contribution in [0.2, 0.25) is 0 Å². The molecule has 3 rings (SSSR count). The Morgan fingerprint density at radius 3 is 2.25 bits per heavy atom. The number of benzene rings is 2. The summed E-state index contributed by atoms with van der Waals surface area (Å²) in [7, 11) is -3.70. The summed E-state index contributed by atoms with van der Waals surface area (Å²) >= 11 is 3.41. The minimum atomic E-state index is -3.70. The Labute approximate surface area is 150 Å². The second-order valence-electron chi connectivity index (χ2n) is 6.23. The van der Waals surface area contributed by atoms with Crippen molar-refractivity contribution in [3.63, 3.8) is 0 Å². The molecule has 1 N–H and O–H groups in total. The zero-order valence-corrected chi connectivity index (χ0v) is 15.9. The zero-order valence-electron chi connectivity index (χ0n) is 13.5. The van der Waals surface area contributed by atoms with Gasteiger partial charge in [0.2, 0.25) is 5.91 Å². The summed E-state index contributed by atoms with van der Waals surface area (Å²) in [6.07, 6.45) is 0.703. The molecule has 0 saturated heterocycles. The van der Waals surface area contributed by atoms with Crippen LogP contribution in [0.15, 0.2) is 51.8 Å². The topological polar surface area (TPSA) is 63.2 Å². The van der Waals surface area contributed by atoms with E-state index >= 15 is 0 Å². The normalized spacial score (nSPS) is 15.8. The molecule has 0 bridgehead atoms. The first-order valence-electron chi connectivity index (χ1n) is 7.65. The number of rotatable bonds is 4. The number of sulfone groups is 1. The van der Waals surface area contributed by atoms with Crippen molar-refractivity contribution in [3.8, 4) is 0 Å². The van der Waals surface area contributed by atoms with Crippen LogP contribution in [-0.4, -0.2) is 19.1 Å². The lowest BCUT2D eigenvalue weighted by molar-refractivity contribution is -0.116. The molecule has 1 saturated carbocycles. The van der Waals surface area contributed by atoms with Crippen LogP contribution < -0.4 is 5.32 Å². The fourth-order valence-electron chi connectivity index (χ4n) is 2.64. The molecule has 1 aliphatic rings. The van der Waals surface area contributed by atoms with Gasteiger partial charge in [0.05, 0.1) is 4.90 Å². The minimum Gasteiger partial charge on any atom is -0.325 e. The average Bonchev–Trinajstić information content (AvgIpc) is 3.34. The molecule has 0 atom stereocenters. The van der Waals surface area contributed by atoms with Crippen LogP contribution in [0, 0.1) is 13.8 Å². The van der Waals surface area contributed by atoms with Crippen LogP contribution >= 0.6 is 15.9 Å². The third kappa shape index (κ3) is 2.89. The molecule has 0 aliphatic heterocycles. The van der Waals surface area contributed by atoms with Crippen molar-refractivity contribution in [2.45, 2.75) is 36.3 Å². The Kier molecular flexibility index (Phi) is 4.30. The fourth-order valence-corrected chi connectivity index (χ4v) is 4.77. The van der Waals surface area contributed by atoms with Crippen molar-refractivity contribution in [1.29, 1.82) is 0 Å². The molecule has 0 aromatic heterocycles. The van der Waals surface area contributed by atoms with Gasteiger partial charge in [0.1, 0.15) is 0 Å². The summed E-state index contributed by atoms with van der Waals surface area (Å²) in [5.41, 5.74) is 2.55. The van der Waals surface area contributed by atoms with Gasteiger partial charge in [-0.3, -0.25) is 4.79 Å². The van der Waals surface area contributed by atoms with Gasteiger partial charge in [-0.1, -0.05) is 33.6 Å². The summed E-state index contributed by atoms with van der Waals surface area (Å²) in [6.45, 7) is 3.81. The van der Waals surface area contributed by atoms with Gasteiger partial charge >= 0.3 is 0 Å². The van der Waals surface area contributed by atoms with Gasteiger partial charge in [-0.2, -0.15) is 0 Å². The van der Waals surface area contributed by atoms with Crippen molar-refractivity contribution in [3.05, 3.63) is 58.1 Å². The molecule has 4 nitrogen and oxygen atoms in total. The zero-order chi connectivity index (χ0) is 17.5.